The molecule has 2 heterocycles. The zero-order chi connectivity index (χ0) is 16.5. The van der Waals surface area contributed by atoms with Gasteiger partial charge >= 0.3 is 0 Å². The normalized spacial score (nSPS) is 15.3. The molecule has 3 heteroatoms. The quantitative estimate of drug-likeness (QED) is 0.562. The fourth-order valence-electron chi connectivity index (χ4n) is 3.12. The molecule has 2 aromatic carbocycles. The van der Waals surface area contributed by atoms with Gasteiger partial charge in [-0.3, -0.25) is 4.99 Å². The molecular weight excluding hydrogens is 312 g/mol. The topological polar surface area (TPSA) is 15.6 Å². The highest BCUT2D eigenvalue weighted by molar-refractivity contribution is 7.08. The summed E-state index contributed by atoms with van der Waals surface area (Å²) in [5.74, 6) is 0.517. The number of hydrogen-bond donors (Lipinski definition) is 0. The third kappa shape index (κ3) is 2.76. The monoisotopic (exact) mass is 332 g/mol. The van der Waals surface area contributed by atoms with Crippen LogP contribution in [0.5, 0.6) is 0 Å². The highest BCUT2D eigenvalue weighted by Gasteiger charge is 2.25. The van der Waals surface area contributed by atoms with Crippen LogP contribution in [0.15, 0.2) is 70.3 Å². The lowest BCUT2D eigenvalue weighted by molar-refractivity contribution is 0.867. The van der Waals surface area contributed by atoms with Gasteiger partial charge in [-0.1, -0.05) is 44.2 Å². The Kier molecular flexibility index (Phi) is 3.95. The van der Waals surface area contributed by atoms with Gasteiger partial charge in [-0.05, 0) is 41.1 Å². The Morgan fingerprint density at radius 2 is 1.92 bits per heavy atom. The Morgan fingerprint density at radius 3 is 2.71 bits per heavy atom. The molecule has 1 aliphatic rings. The van der Waals surface area contributed by atoms with E-state index in [2.05, 4.69) is 84.1 Å². The van der Waals surface area contributed by atoms with E-state index >= 15 is 0 Å². The zero-order valence-electron chi connectivity index (χ0n) is 13.9. The lowest BCUT2D eigenvalue weighted by atomic mass is 10.0. The molecule has 2 nitrogen and oxygen atoms in total. The minimum absolute atomic E-state index is 0.517. The van der Waals surface area contributed by atoms with Crippen molar-refractivity contribution in [3.63, 3.8) is 0 Å². The molecule has 0 saturated heterocycles. The van der Waals surface area contributed by atoms with Crippen LogP contribution in [0.3, 0.4) is 0 Å². The van der Waals surface area contributed by atoms with Gasteiger partial charge in [0.05, 0.1) is 29.3 Å². The average Bonchev–Trinajstić information content (AvgIpc) is 3.23. The van der Waals surface area contributed by atoms with Gasteiger partial charge in [-0.25, -0.2) is 0 Å². The van der Waals surface area contributed by atoms with E-state index in [-0.39, 0.29) is 0 Å². The molecule has 0 aliphatic carbocycles. The predicted octanol–water partition coefficient (Wildman–Crippen LogP) is 6.14. The molecule has 3 aromatic rings. The summed E-state index contributed by atoms with van der Waals surface area (Å²) in [5.41, 5.74) is 7.23. The summed E-state index contributed by atoms with van der Waals surface area (Å²) in [6.45, 7) is 5.26. The summed E-state index contributed by atoms with van der Waals surface area (Å²) in [4.78, 5) is 7.33. The standard InChI is InChI=1S/C21H20N2S/c1-15(2)16-6-5-7-17(12-16)22-20-13-23(18-10-11-24-14-18)21-9-4-3-8-19(20)21/h3-12,14-15H,13H2,1-2H3. The molecule has 0 radical (unpaired) electrons. The molecule has 120 valence electrons. The van der Waals surface area contributed by atoms with Crippen molar-refractivity contribution in [1.82, 2.24) is 0 Å². The van der Waals surface area contributed by atoms with Crippen LogP contribution >= 0.6 is 11.3 Å². The molecule has 0 bridgehead atoms. The first-order valence-corrected chi connectivity index (χ1v) is 9.23. The number of fused-ring (bicyclic) bond motifs is 1. The number of para-hydroxylation sites is 1. The average molecular weight is 332 g/mol. The van der Waals surface area contributed by atoms with Crippen LogP contribution in [0.2, 0.25) is 0 Å². The van der Waals surface area contributed by atoms with Crippen molar-refractivity contribution in [1.29, 1.82) is 0 Å². The van der Waals surface area contributed by atoms with Crippen molar-refractivity contribution < 1.29 is 0 Å². The summed E-state index contributed by atoms with van der Waals surface area (Å²) < 4.78 is 0. The first-order chi connectivity index (χ1) is 11.7. The molecule has 1 aliphatic heterocycles. The Bertz CT molecular complexity index is 878. The fraction of sp³-hybridized carbons (Fsp3) is 0.190. The third-order valence-electron chi connectivity index (χ3n) is 4.43. The van der Waals surface area contributed by atoms with Gasteiger partial charge in [0.15, 0.2) is 0 Å². The summed E-state index contributed by atoms with van der Waals surface area (Å²) in [6.07, 6.45) is 0. The summed E-state index contributed by atoms with van der Waals surface area (Å²) in [6, 6.07) is 19.3. The molecule has 24 heavy (non-hydrogen) atoms. The van der Waals surface area contributed by atoms with Gasteiger partial charge in [-0.2, -0.15) is 11.3 Å². The van der Waals surface area contributed by atoms with Crippen LogP contribution in [-0.2, 0) is 0 Å². The Balaban J connectivity index is 1.75. The first kappa shape index (κ1) is 15.2. The second kappa shape index (κ2) is 6.25. The fourth-order valence-corrected chi connectivity index (χ4v) is 3.76. The van der Waals surface area contributed by atoms with Crippen LogP contribution in [0.25, 0.3) is 0 Å². The summed E-state index contributed by atoms with van der Waals surface area (Å²) >= 11 is 1.73. The molecule has 0 atom stereocenters. The maximum atomic E-state index is 4.98. The van der Waals surface area contributed by atoms with Crippen molar-refractivity contribution >= 4 is 34.1 Å². The molecular formula is C21H20N2S. The van der Waals surface area contributed by atoms with Gasteiger partial charge in [0.25, 0.3) is 0 Å². The molecule has 0 fully saturated rings. The first-order valence-electron chi connectivity index (χ1n) is 8.29. The van der Waals surface area contributed by atoms with Crippen LogP contribution in [-0.4, -0.2) is 12.3 Å². The second-order valence-corrected chi connectivity index (χ2v) is 7.17. The van der Waals surface area contributed by atoms with E-state index in [1.807, 2.05) is 0 Å². The third-order valence-corrected chi connectivity index (χ3v) is 5.10. The van der Waals surface area contributed by atoms with Crippen LogP contribution in [0, 0.1) is 0 Å². The highest BCUT2D eigenvalue weighted by atomic mass is 32.1. The van der Waals surface area contributed by atoms with Gasteiger partial charge < -0.3 is 4.90 Å². The summed E-state index contributed by atoms with van der Waals surface area (Å²) in [7, 11) is 0. The Morgan fingerprint density at radius 1 is 1.04 bits per heavy atom. The van der Waals surface area contributed by atoms with Gasteiger partial charge in [-0.15, -0.1) is 0 Å². The number of benzene rings is 2. The molecule has 4 rings (SSSR count). The van der Waals surface area contributed by atoms with Crippen molar-refractivity contribution in [3.8, 4) is 0 Å². The van der Waals surface area contributed by atoms with Gasteiger partial charge in [0.1, 0.15) is 0 Å². The molecule has 0 amide bonds. The number of thiophene rings is 1. The maximum Gasteiger partial charge on any atom is 0.0701 e. The minimum Gasteiger partial charge on any atom is -0.334 e. The number of aliphatic imine (C=N–C) groups is 1. The van der Waals surface area contributed by atoms with Crippen LogP contribution in [0.1, 0.15) is 30.9 Å². The lowest BCUT2D eigenvalue weighted by Gasteiger charge is -2.16. The number of anilines is 2. The van der Waals surface area contributed by atoms with Crippen molar-refractivity contribution in [2.75, 3.05) is 11.4 Å². The van der Waals surface area contributed by atoms with E-state index in [1.54, 1.807) is 11.3 Å². The maximum absolute atomic E-state index is 4.98. The molecule has 0 spiro atoms. The Hall–Kier alpha value is -2.39. The zero-order valence-corrected chi connectivity index (χ0v) is 14.8. The Labute approximate surface area is 147 Å². The van der Waals surface area contributed by atoms with Crippen molar-refractivity contribution in [2.24, 2.45) is 4.99 Å². The van der Waals surface area contributed by atoms with Gasteiger partial charge in [0, 0.05) is 10.9 Å². The molecule has 0 unspecified atom stereocenters. The largest absolute Gasteiger partial charge is 0.334 e. The van der Waals surface area contributed by atoms with Crippen molar-refractivity contribution in [2.45, 2.75) is 19.8 Å². The minimum atomic E-state index is 0.517. The lowest BCUT2D eigenvalue weighted by Crippen LogP contribution is -2.15. The van der Waals surface area contributed by atoms with Crippen molar-refractivity contribution in [3.05, 3.63) is 76.5 Å². The summed E-state index contributed by atoms with van der Waals surface area (Å²) in [5, 5.41) is 4.32. The van der Waals surface area contributed by atoms with Crippen LogP contribution < -0.4 is 4.90 Å². The number of rotatable bonds is 3. The smallest absolute Gasteiger partial charge is 0.0701 e. The molecule has 1 aromatic heterocycles. The number of nitrogens with zero attached hydrogens (tertiary/aromatic N) is 2. The van der Waals surface area contributed by atoms with E-state index in [0.717, 1.165) is 17.9 Å². The molecule has 0 saturated carbocycles. The van der Waals surface area contributed by atoms with E-state index < -0.39 is 0 Å². The molecule has 0 N–H and O–H groups in total. The predicted molar refractivity (Wildman–Crippen MR) is 104 cm³/mol. The number of hydrogen-bond acceptors (Lipinski definition) is 3. The second-order valence-electron chi connectivity index (χ2n) is 6.39. The van der Waals surface area contributed by atoms with E-state index in [9.17, 15) is 0 Å². The van der Waals surface area contributed by atoms with Gasteiger partial charge in [0.2, 0.25) is 0 Å². The highest BCUT2D eigenvalue weighted by Crippen LogP contribution is 2.36. The van der Waals surface area contributed by atoms with E-state index in [0.29, 0.717) is 5.92 Å². The van der Waals surface area contributed by atoms with E-state index in [4.69, 9.17) is 4.99 Å². The van der Waals surface area contributed by atoms with E-state index in [1.165, 1.54) is 22.5 Å². The van der Waals surface area contributed by atoms with Crippen LogP contribution in [0.4, 0.5) is 17.1 Å². The SMILES string of the molecule is CC(C)c1cccc(N=C2CN(c3ccsc3)c3ccccc32)c1.